The van der Waals surface area contributed by atoms with E-state index in [2.05, 4.69) is 48.6 Å². The standard InChI is InChI=1S/C19H23NO/c1-14-7-8-15(13-20-2)11-19(14)21-18-10-9-16-5-3-4-6-17(16)12-18/h7-12,20H,3-6,13H2,1-2H3. The minimum atomic E-state index is 0.862. The molecule has 0 atom stereocenters. The number of nitrogens with one attached hydrogen (secondary N) is 1. The third kappa shape index (κ3) is 3.27. The van der Waals surface area contributed by atoms with Gasteiger partial charge in [-0.25, -0.2) is 0 Å². The van der Waals surface area contributed by atoms with Crippen molar-refractivity contribution in [3.8, 4) is 11.5 Å². The Hall–Kier alpha value is -1.80. The Bertz CT molecular complexity index is 633. The molecule has 110 valence electrons. The number of fused-ring (bicyclic) bond motifs is 1. The average molecular weight is 281 g/mol. The second-order valence-corrected chi connectivity index (χ2v) is 5.87. The summed E-state index contributed by atoms with van der Waals surface area (Å²) in [5.74, 6) is 1.92. The molecule has 0 fully saturated rings. The molecule has 0 saturated heterocycles. The van der Waals surface area contributed by atoms with Gasteiger partial charge in [-0.2, -0.15) is 0 Å². The summed E-state index contributed by atoms with van der Waals surface area (Å²) >= 11 is 0. The van der Waals surface area contributed by atoms with Gasteiger partial charge in [0.1, 0.15) is 11.5 Å². The van der Waals surface area contributed by atoms with Gasteiger partial charge in [0.2, 0.25) is 0 Å². The lowest BCUT2D eigenvalue weighted by Gasteiger charge is -2.17. The third-order valence-electron chi connectivity index (χ3n) is 4.18. The van der Waals surface area contributed by atoms with E-state index in [1.165, 1.54) is 47.9 Å². The van der Waals surface area contributed by atoms with Crippen molar-refractivity contribution in [2.75, 3.05) is 7.05 Å². The maximum Gasteiger partial charge on any atom is 0.130 e. The lowest BCUT2D eigenvalue weighted by molar-refractivity contribution is 0.476. The highest BCUT2D eigenvalue weighted by molar-refractivity contribution is 5.43. The molecule has 0 saturated carbocycles. The first-order valence-corrected chi connectivity index (χ1v) is 7.80. The molecule has 0 aliphatic heterocycles. The van der Waals surface area contributed by atoms with Crippen LogP contribution in [0.4, 0.5) is 0 Å². The second-order valence-electron chi connectivity index (χ2n) is 5.87. The van der Waals surface area contributed by atoms with Gasteiger partial charge < -0.3 is 10.1 Å². The van der Waals surface area contributed by atoms with E-state index in [1.54, 1.807) is 0 Å². The third-order valence-corrected chi connectivity index (χ3v) is 4.18. The predicted molar refractivity (Wildman–Crippen MR) is 87.1 cm³/mol. The molecule has 0 radical (unpaired) electrons. The van der Waals surface area contributed by atoms with E-state index in [-0.39, 0.29) is 0 Å². The fraction of sp³-hybridized carbons (Fsp3) is 0.368. The number of hydrogen-bond acceptors (Lipinski definition) is 2. The monoisotopic (exact) mass is 281 g/mol. The maximum absolute atomic E-state index is 6.13. The summed E-state index contributed by atoms with van der Waals surface area (Å²) in [5.41, 5.74) is 5.38. The molecule has 2 aromatic rings. The quantitative estimate of drug-likeness (QED) is 0.897. The van der Waals surface area contributed by atoms with Gasteiger partial charge in [-0.3, -0.25) is 0 Å². The first-order chi connectivity index (χ1) is 10.3. The SMILES string of the molecule is CNCc1ccc(C)c(Oc2ccc3c(c2)CCCC3)c1. The molecule has 0 bridgehead atoms. The molecule has 1 aliphatic carbocycles. The van der Waals surface area contributed by atoms with Crippen LogP contribution in [0.15, 0.2) is 36.4 Å². The first kappa shape index (κ1) is 14.2. The Balaban J connectivity index is 1.84. The molecule has 0 amide bonds. The Kier molecular flexibility index (Phi) is 4.26. The van der Waals surface area contributed by atoms with Crippen LogP contribution in [0.5, 0.6) is 11.5 Å². The molecule has 0 unspecified atom stereocenters. The normalized spacial score (nSPS) is 13.8. The summed E-state index contributed by atoms with van der Waals surface area (Å²) in [6, 6.07) is 13.0. The van der Waals surface area contributed by atoms with Crippen molar-refractivity contribution in [2.45, 2.75) is 39.2 Å². The molecular weight excluding hydrogens is 258 g/mol. The number of aryl methyl sites for hydroxylation is 3. The van der Waals surface area contributed by atoms with Gasteiger partial charge in [-0.1, -0.05) is 18.2 Å². The van der Waals surface area contributed by atoms with E-state index in [1.807, 2.05) is 7.05 Å². The molecule has 0 spiro atoms. The van der Waals surface area contributed by atoms with Crippen molar-refractivity contribution in [3.05, 3.63) is 58.7 Å². The van der Waals surface area contributed by atoms with E-state index in [9.17, 15) is 0 Å². The van der Waals surface area contributed by atoms with Crippen LogP contribution in [0.3, 0.4) is 0 Å². The largest absolute Gasteiger partial charge is 0.457 e. The second kappa shape index (κ2) is 6.31. The molecular formula is C19H23NO. The van der Waals surface area contributed by atoms with Crippen LogP contribution in [-0.4, -0.2) is 7.05 Å². The first-order valence-electron chi connectivity index (χ1n) is 7.80. The number of benzene rings is 2. The fourth-order valence-electron chi connectivity index (χ4n) is 2.97. The smallest absolute Gasteiger partial charge is 0.130 e. The lowest BCUT2D eigenvalue weighted by Crippen LogP contribution is -2.05. The summed E-state index contributed by atoms with van der Waals surface area (Å²) in [6.07, 6.45) is 5.02. The van der Waals surface area contributed by atoms with Crippen LogP contribution < -0.4 is 10.1 Å². The average Bonchev–Trinajstić information content (AvgIpc) is 2.51. The van der Waals surface area contributed by atoms with Gasteiger partial charge >= 0.3 is 0 Å². The molecule has 1 aliphatic rings. The van der Waals surface area contributed by atoms with Crippen molar-refractivity contribution in [1.29, 1.82) is 0 Å². The van der Waals surface area contributed by atoms with E-state index >= 15 is 0 Å². The van der Waals surface area contributed by atoms with Gasteiger partial charge in [-0.15, -0.1) is 0 Å². The molecule has 21 heavy (non-hydrogen) atoms. The molecule has 2 aromatic carbocycles. The minimum absolute atomic E-state index is 0.862. The van der Waals surface area contributed by atoms with Crippen LogP contribution in [0.2, 0.25) is 0 Å². The number of hydrogen-bond donors (Lipinski definition) is 1. The topological polar surface area (TPSA) is 21.3 Å². The molecule has 0 aromatic heterocycles. The summed E-state index contributed by atoms with van der Waals surface area (Å²) in [4.78, 5) is 0. The Labute approximate surface area is 127 Å². The summed E-state index contributed by atoms with van der Waals surface area (Å²) in [7, 11) is 1.96. The van der Waals surface area contributed by atoms with E-state index in [0.717, 1.165) is 18.0 Å². The fourth-order valence-corrected chi connectivity index (χ4v) is 2.97. The molecule has 2 heteroatoms. The van der Waals surface area contributed by atoms with Crippen molar-refractivity contribution >= 4 is 0 Å². The number of rotatable bonds is 4. The predicted octanol–water partition coefficient (Wildman–Crippen LogP) is 4.39. The Morgan fingerprint density at radius 3 is 2.62 bits per heavy atom. The van der Waals surface area contributed by atoms with Crippen LogP contribution in [0.25, 0.3) is 0 Å². The number of ether oxygens (including phenoxy) is 1. The van der Waals surface area contributed by atoms with Crippen molar-refractivity contribution in [3.63, 3.8) is 0 Å². The highest BCUT2D eigenvalue weighted by atomic mass is 16.5. The van der Waals surface area contributed by atoms with Gasteiger partial charge in [-0.05, 0) is 80.1 Å². The summed E-state index contributed by atoms with van der Waals surface area (Å²) < 4.78 is 6.13. The van der Waals surface area contributed by atoms with E-state index < -0.39 is 0 Å². The highest BCUT2D eigenvalue weighted by Crippen LogP contribution is 2.30. The summed E-state index contributed by atoms with van der Waals surface area (Å²) in [6.45, 7) is 2.96. The highest BCUT2D eigenvalue weighted by Gasteiger charge is 2.11. The van der Waals surface area contributed by atoms with Crippen molar-refractivity contribution in [2.24, 2.45) is 0 Å². The molecule has 0 heterocycles. The van der Waals surface area contributed by atoms with Crippen molar-refractivity contribution < 1.29 is 4.74 Å². The van der Waals surface area contributed by atoms with Crippen LogP contribution in [0, 0.1) is 6.92 Å². The zero-order chi connectivity index (χ0) is 14.7. The Morgan fingerprint density at radius 2 is 1.81 bits per heavy atom. The van der Waals surface area contributed by atoms with Crippen LogP contribution >= 0.6 is 0 Å². The maximum atomic E-state index is 6.13. The van der Waals surface area contributed by atoms with E-state index in [4.69, 9.17) is 4.74 Å². The molecule has 1 N–H and O–H groups in total. The van der Waals surface area contributed by atoms with Gasteiger partial charge in [0.15, 0.2) is 0 Å². The zero-order valence-electron chi connectivity index (χ0n) is 12.9. The van der Waals surface area contributed by atoms with Gasteiger partial charge in [0, 0.05) is 6.54 Å². The van der Waals surface area contributed by atoms with Crippen LogP contribution in [0.1, 0.15) is 35.1 Å². The van der Waals surface area contributed by atoms with E-state index in [0.29, 0.717) is 0 Å². The van der Waals surface area contributed by atoms with Crippen LogP contribution in [-0.2, 0) is 19.4 Å². The van der Waals surface area contributed by atoms with Gasteiger partial charge in [0.25, 0.3) is 0 Å². The zero-order valence-corrected chi connectivity index (χ0v) is 12.9. The molecule has 3 rings (SSSR count). The summed E-state index contributed by atoms with van der Waals surface area (Å²) in [5, 5.41) is 3.18. The Morgan fingerprint density at radius 1 is 1.00 bits per heavy atom. The lowest BCUT2D eigenvalue weighted by atomic mass is 9.92. The molecule has 2 nitrogen and oxygen atoms in total. The van der Waals surface area contributed by atoms with Crippen molar-refractivity contribution in [1.82, 2.24) is 5.32 Å². The minimum Gasteiger partial charge on any atom is -0.457 e. The van der Waals surface area contributed by atoms with Gasteiger partial charge in [0.05, 0.1) is 0 Å².